The summed E-state index contributed by atoms with van der Waals surface area (Å²) in [5.74, 6) is 1.57. The molecule has 5 rings (SSSR count). The van der Waals surface area contributed by atoms with Crippen LogP contribution in [-0.4, -0.2) is 31.4 Å². The largest absolute Gasteiger partial charge is 0.442 e. The van der Waals surface area contributed by atoms with Crippen LogP contribution in [-0.2, 0) is 12.8 Å². The molecular weight excluding hydrogens is 399 g/mol. The highest BCUT2D eigenvalue weighted by Gasteiger charge is 2.38. The lowest BCUT2D eigenvalue weighted by Gasteiger charge is -2.14. The number of halogens is 1. The van der Waals surface area contributed by atoms with Crippen molar-refractivity contribution in [2.45, 2.75) is 51.5 Å². The van der Waals surface area contributed by atoms with Crippen LogP contribution in [0.3, 0.4) is 0 Å². The molecule has 1 fully saturated rings. The van der Waals surface area contributed by atoms with Gasteiger partial charge in [-0.3, -0.25) is 4.79 Å². The lowest BCUT2D eigenvalue weighted by atomic mass is 10.1. The summed E-state index contributed by atoms with van der Waals surface area (Å²) >= 11 is 0. The summed E-state index contributed by atoms with van der Waals surface area (Å²) < 4.78 is 19.1. The third-order valence-electron chi connectivity index (χ3n) is 5.75. The van der Waals surface area contributed by atoms with Crippen LogP contribution < -0.4 is 11.1 Å². The van der Waals surface area contributed by atoms with Gasteiger partial charge in [0.2, 0.25) is 5.71 Å². The second-order valence-corrected chi connectivity index (χ2v) is 8.45. The highest BCUT2D eigenvalue weighted by molar-refractivity contribution is 6.09. The van der Waals surface area contributed by atoms with Gasteiger partial charge in [-0.05, 0) is 45.2 Å². The summed E-state index contributed by atoms with van der Waals surface area (Å²) in [4.78, 5) is 28.9. The molecule has 0 bridgehead atoms. The Bertz CT molecular complexity index is 1320. The van der Waals surface area contributed by atoms with Gasteiger partial charge in [0.05, 0.1) is 22.0 Å². The quantitative estimate of drug-likeness (QED) is 0.416. The minimum Gasteiger partial charge on any atom is -0.442 e. The zero-order valence-electron chi connectivity index (χ0n) is 17.4. The summed E-state index contributed by atoms with van der Waals surface area (Å²) in [6, 6.07) is 4.51. The average molecular weight is 422 g/mol. The van der Waals surface area contributed by atoms with Crippen molar-refractivity contribution in [3.05, 3.63) is 47.0 Å². The highest BCUT2D eigenvalue weighted by Crippen LogP contribution is 2.40. The van der Waals surface area contributed by atoms with E-state index in [-0.39, 0.29) is 11.4 Å². The van der Waals surface area contributed by atoms with Crippen molar-refractivity contribution in [1.82, 2.24) is 19.9 Å². The predicted octanol–water partition coefficient (Wildman–Crippen LogP) is 3.79. The molecule has 4 aromatic rings. The number of aryl methyl sites for hydroxylation is 3. The predicted molar refractivity (Wildman–Crippen MR) is 114 cm³/mol. The van der Waals surface area contributed by atoms with Crippen molar-refractivity contribution in [2.75, 3.05) is 5.32 Å². The number of hydrogen-bond acceptors (Lipinski definition) is 6. The molecule has 0 atom stereocenters. The van der Waals surface area contributed by atoms with Crippen LogP contribution in [0.15, 0.2) is 22.6 Å². The monoisotopic (exact) mass is 422 g/mol. The second kappa shape index (κ2) is 7.04. The summed E-state index contributed by atoms with van der Waals surface area (Å²) in [5, 5.41) is 3.99. The number of nitrogens with two attached hydrogens (primary N) is 1. The van der Waals surface area contributed by atoms with E-state index in [1.807, 2.05) is 0 Å². The highest BCUT2D eigenvalue weighted by atomic mass is 19.1. The number of H-pyrrole nitrogens is 1. The van der Waals surface area contributed by atoms with Crippen LogP contribution in [0.25, 0.3) is 22.1 Å². The molecule has 3 aromatic heterocycles. The van der Waals surface area contributed by atoms with Gasteiger partial charge in [0.15, 0.2) is 0 Å². The number of nitrogens with one attached hydrogen (secondary N) is 2. The van der Waals surface area contributed by atoms with Crippen LogP contribution >= 0.6 is 0 Å². The summed E-state index contributed by atoms with van der Waals surface area (Å²) in [6.45, 7) is 3.82. The van der Waals surface area contributed by atoms with Gasteiger partial charge in [0.1, 0.15) is 29.0 Å². The zero-order valence-corrected chi connectivity index (χ0v) is 17.4. The van der Waals surface area contributed by atoms with E-state index < -0.39 is 5.91 Å². The maximum atomic E-state index is 13.4. The van der Waals surface area contributed by atoms with Crippen LogP contribution in [0, 0.1) is 12.7 Å². The molecule has 0 saturated heterocycles. The fourth-order valence-electron chi connectivity index (χ4n) is 3.82. The number of benzene rings is 1. The average Bonchev–Trinajstić information content (AvgIpc) is 3.13. The molecule has 0 radical (unpaired) electrons. The minimum atomic E-state index is -0.557. The van der Waals surface area contributed by atoms with Gasteiger partial charge in [-0.15, -0.1) is 0 Å². The zero-order chi connectivity index (χ0) is 21.8. The number of rotatable bonds is 7. The van der Waals surface area contributed by atoms with E-state index in [2.05, 4.69) is 27.2 Å². The van der Waals surface area contributed by atoms with Crippen molar-refractivity contribution in [3.8, 4) is 0 Å². The number of hydrogen-bond donors (Lipinski definition) is 3. The van der Waals surface area contributed by atoms with Crippen molar-refractivity contribution >= 4 is 33.9 Å². The maximum absolute atomic E-state index is 13.4. The van der Waals surface area contributed by atoms with E-state index in [0.717, 1.165) is 30.6 Å². The van der Waals surface area contributed by atoms with E-state index >= 15 is 0 Å². The molecule has 1 aliphatic carbocycles. The molecule has 1 saturated carbocycles. The Kier molecular flexibility index (Phi) is 4.42. The molecular formula is C22H23FN6O2. The molecule has 8 nitrogen and oxygen atoms in total. The fraction of sp³-hybridized carbons (Fsp3) is 0.364. The van der Waals surface area contributed by atoms with Crippen LogP contribution in [0.5, 0.6) is 0 Å². The number of imidazole rings is 1. The van der Waals surface area contributed by atoms with Crippen LogP contribution in [0.1, 0.15) is 54.0 Å². The molecule has 160 valence electrons. The fourth-order valence-corrected chi connectivity index (χ4v) is 3.82. The Morgan fingerprint density at radius 2 is 2.10 bits per heavy atom. The first kappa shape index (κ1) is 19.5. The SMILES string of the molecule is Cc1oc2nc(CCCc3nc4cc(F)ccc4[nH]3)nc(NC3(C)CC3)c2c1C(N)=O. The summed E-state index contributed by atoms with van der Waals surface area (Å²) in [5.41, 5.74) is 7.65. The smallest absolute Gasteiger partial charge is 0.253 e. The molecule has 0 spiro atoms. The molecule has 0 aliphatic heterocycles. The Morgan fingerprint density at radius 3 is 2.84 bits per heavy atom. The number of aromatic nitrogens is 4. The standard InChI is InChI=1S/C22H23FN6O2/c1-11-17(19(24)30)18-20(29-22(2)8-9-22)27-16(28-21(18)31-11)5-3-4-15-25-13-7-6-12(23)10-14(13)26-15/h6-7,10H,3-5,8-9H2,1-2H3,(H2,24,30)(H,25,26)(H,27,28,29). The molecule has 0 unspecified atom stereocenters. The lowest BCUT2D eigenvalue weighted by molar-refractivity contribution is 0.1000. The van der Waals surface area contributed by atoms with E-state index in [4.69, 9.17) is 15.1 Å². The Morgan fingerprint density at radius 1 is 1.29 bits per heavy atom. The Balaban J connectivity index is 1.40. The summed E-state index contributed by atoms with van der Waals surface area (Å²) in [6.07, 6.45) is 4.07. The number of primary amides is 1. The Hall–Kier alpha value is -3.49. The van der Waals surface area contributed by atoms with Crippen LogP contribution in [0.4, 0.5) is 10.2 Å². The van der Waals surface area contributed by atoms with E-state index in [1.54, 1.807) is 13.0 Å². The van der Waals surface area contributed by atoms with Crippen LogP contribution in [0.2, 0.25) is 0 Å². The third kappa shape index (κ3) is 3.71. The van der Waals surface area contributed by atoms with Gasteiger partial charge in [-0.1, -0.05) is 0 Å². The molecule has 1 aliphatic rings. The van der Waals surface area contributed by atoms with Crippen molar-refractivity contribution < 1.29 is 13.6 Å². The minimum absolute atomic E-state index is 0.0395. The Labute approximate surface area is 177 Å². The van der Waals surface area contributed by atoms with Gasteiger partial charge in [0, 0.05) is 24.4 Å². The lowest BCUT2D eigenvalue weighted by Crippen LogP contribution is -2.19. The van der Waals surface area contributed by atoms with Crippen molar-refractivity contribution in [2.24, 2.45) is 5.73 Å². The van der Waals surface area contributed by atoms with E-state index in [9.17, 15) is 9.18 Å². The number of anilines is 1. The number of carbonyl (C=O) groups is 1. The van der Waals surface area contributed by atoms with E-state index in [1.165, 1.54) is 12.1 Å². The number of furan rings is 1. The first-order valence-corrected chi connectivity index (χ1v) is 10.3. The molecule has 1 amide bonds. The first-order valence-electron chi connectivity index (χ1n) is 10.3. The first-order chi connectivity index (χ1) is 14.8. The van der Waals surface area contributed by atoms with Gasteiger partial charge in [0.25, 0.3) is 5.91 Å². The molecule has 4 N–H and O–H groups in total. The van der Waals surface area contributed by atoms with E-state index in [0.29, 0.717) is 52.4 Å². The molecule has 9 heteroatoms. The normalized spacial score (nSPS) is 14.9. The number of aromatic amines is 1. The molecule has 31 heavy (non-hydrogen) atoms. The molecule has 1 aromatic carbocycles. The third-order valence-corrected chi connectivity index (χ3v) is 5.75. The molecule has 3 heterocycles. The van der Waals surface area contributed by atoms with Gasteiger partial charge < -0.3 is 20.5 Å². The van der Waals surface area contributed by atoms with Gasteiger partial charge >= 0.3 is 0 Å². The second-order valence-electron chi connectivity index (χ2n) is 8.45. The number of nitrogens with zero attached hydrogens (tertiary/aromatic N) is 3. The topological polar surface area (TPSA) is 123 Å². The van der Waals surface area contributed by atoms with Gasteiger partial charge in [-0.25, -0.2) is 14.4 Å². The number of carbonyl (C=O) groups excluding carboxylic acids is 1. The van der Waals surface area contributed by atoms with Crippen molar-refractivity contribution in [1.29, 1.82) is 0 Å². The maximum Gasteiger partial charge on any atom is 0.253 e. The number of amides is 1. The summed E-state index contributed by atoms with van der Waals surface area (Å²) in [7, 11) is 0. The van der Waals surface area contributed by atoms with Gasteiger partial charge in [-0.2, -0.15) is 4.98 Å². The number of fused-ring (bicyclic) bond motifs is 2. The van der Waals surface area contributed by atoms with Crippen molar-refractivity contribution in [3.63, 3.8) is 0 Å².